The van der Waals surface area contributed by atoms with Crippen molar-refractivity contribution < 1.29 is 12.8 Å². The topological polar surface area (TPSA) is 46.2 Å². The maximum atomic E-state index is 12.7. The molecule has 0 aliphatic carbocycles. The number of hydrogen-bond acceptors (Lipinski definition) is 2. The fourth-order valence-electron chi connectivity index (χ4n) is 0.802. The minimum atomic E-state index is -3.62. The average molecular weight is 224 g/mol. The van der Waals surface area contributed by atoms with Crippen molar-refractivity contribution in [3.63, 3.8) is 0 Å². The zero-order valence-corrected chi connectivity index (χ0v) is 8.29. The Bertz CT molecular complexity index is 398. The molecular weight excluding hydrogens is 217 g/mol. The first kappa shape index (κ1) is 10.4. The van der Waals surface area contributed by atoms with Crippen LogP contribution in [0.25, 0.3) is 0 Å². The summed E-state index contributed by atoms with van der Waals surface area (Å²) >= 11 is 5.48. The van der Waals surface area contributed by atoms with Crippen LogP contribution in [-0.4, -0.2) is 15.5 Å². The first-order chi connectivity index (χ1) is 5.95. The summed E-state index contributed by atoms with van der Waals surface area (Å²) in [5, 5.41) is 0.0498. The van der Waals surface area contributed by atoms with Crippen molar-refractivity contribution in [1.29, 1.82) is 0 Å². The first-order valence-electron chi connectivity index (χ1n) is 3.35. The highest BCUT2D eigenvalue weighted by Gasteiger charge is 2.12. The lowest BCUT2D eigenvalue weighted by Crippen LogP contribution is -2.18. The van der Waals surface area contributed by atoms with Gasteiger partial charge in [-0.25, -0.2) is 17.5 Å². The minimum Gasteiger partial charge on any atom is -0.214 e. The van der Waals surface area contributed by atoms with E-state index in [2.05, 4.69) is 4.72 Å². The van der Waals surface area contributed by atoms with Crippen LogP contribution >= 0.6 is 11.6 Å². The van der Waals surface area contributed by atoms with Gasteiger partial charge in [-0.3, -0.25) is 0 Å². The standard InChI is InChI=1S/C7H7ClFNO2S/c1-10-13(11,12)7-3-5(8)2-6(9)4-7/h2-4,10H,1H3. The van der Waals surface area contributed by atoms with Gasteiger partial charge in [0.15, 0.2) is 0 Å². The molecule has 3 nitrogen and oxygen atoms in total. The quantitative estimate of drug-likeness (QED) is 0.824. The molecule has 0 amide bonds. The molecule has 0 saturated heterocycles. The summed E-state index contributed by atoms with van der Waals surface area (Å²) < 4.78 is 37.1. The van der Waals surface area contributed by atoms with Crippen molar-refractivity contribution in [2.75, 3.05) is 7.05 Å². The maximum Gasteiger partial charge on any atom is 0.240 e. The van der Waals surface area contributed by atoms with Gasteiger partial charge >= 0.3 is 0 Å². The summed E-state index contributed by atoms with van der Waals surface area (Å²) in [6.07, 6.45) is 0. The summed E-state index contributed by atoms with van der Waals surface area (Å²) in [7, 11) is -2.37. The van der Waals surface area contributed by atoms with Crippen molar-refractivity contribution >= 4 is 21.6 Å². The predicted octanol–water partition coefficient (Wildman–Crippen LogP) is 1.39. The highest BCUT2D eigenvalue weighted by atomic mass is 35.5. The molecule has 1 rings (SSSR count). The van der Waals surface area contributed by atoms with Crippen LogP contribution in [0.2, 0.25) is 5.02 Å². The van der Waals surface area contributed by atoms with Crippen molar-refractivity contribution in [3.05, 3.63) is 29.0 Å². The molecule has 0 spiro atoms. The van der Waals surface area contributed by atoms with E-state index in [1.165, 1.54) is 13.1 Å². The van der Waals surface area contributed by atoms with Crippen molar-refractivity contribution in [1.82, 2.24) is 4.72 Å². The second-order valence-corrected chi connectivity index (χ2v) is 4.64. The van der Waals surface area contributed by atoms with Crippen LogP contribution in [-0.2, 0) is 10.0 Å². The number of hydrogen-bond donors (Lipinski definition) is 1. The monoisotopic (exact) mass is 223 g/mol. The van der Waals surface area contributed by atoms with E-state index in [9.17, 15) is 12.8 Å². The van der Waals surface area contributed by atoms with Gasteiger partial charge in [-0.2, -0.15) is 0 Å². The molecule has 0 atom stereocenters. The van der Waals surface area contributed by atoms with Crippen LogP contribution in [0.4, 0.5) is 4.39 Å². The number of halogens is 2. The van der Waals surface area contributed by atoms with Gasteiger partial charge in [0.1, 0.15) is 5.82 Å². The summed E-state index contributed by atoms with van der Waals surface area (Å²) in [6, 6.07) is 3.12. The zero-order valence-electron chi connectivity index (χ0n) is 6.71. The van der Waals surface area contributed by atoms with Crippen molar-refractivity contribution in [3.8, 4) is 0 Å². The highest BCUT2D eigenvalue weighted by Crippen LogP contribution is 2.17. The third kappa shape index (κ3) is 2.40. The normalized spacial score (nSPS) is 11.6. The number of sulfonamides is 1. The number of nitrogens with one attached hydrogen (secondary N) is 1. The van der Waals surface area contributed by atoms with E-state index in [0.717, 1.165) is 12.1 Å². The molecule has 0 aliphatic rings. The molecule has 0 fully saturated rings. The molecule has 1 aromatic rings. The Morgan fingerprint density at radius 3 is 2.46 bits per heavy atom. The van der Waals surface area contributed by atoms with Gasteiger partial charge in [-0.05, 0) is 25.2 Å². The minimum absolute atomic E-state index is 0.0498. The van der Waals surface area contributed by atoms with E-state index < -0.39 is 15.8 Å². The summed E-state index contributed by atoms with van der Waals surface area (Å²) in [5.41, 5.74) is 0. The summed E-state index contributed by atoms with van der Waals surface area (Å²) in [4.78, 5) is -0.181. The molecule has 0 heterocycles. The van der Waals surface area contributed by atoms with E-state index in [0.29, 0.717) is 0 Å². The Kier molecular flexibility index (Phi) is 2.90. The molecule has 72 valence electrons. The Morgan fingerprint density at radius 1 is 1.38 bits per heavy atom. The van der Waals surface area contributed by atoms with Crippen LogP contribution in [0.1, 0.15) is 0 Å². The Balaban J connectivity index is 3.32. The first-order valence-corrected chi connectivity index (χ1v) is 5.21. The fourth-order valence-corrected chi connectivity index (χ4v) is 1.87. The van der Waals surface area contributed by atoms with Gasteiger partial charge in [0.2, 0.25) is 10.0 Å². The zero-order chi connectivity index (χ0) is 10.1. The maximum absolute atomic E-state index is 12.7. The van der Waals surface area contributed by atoms with E-state index in [-0.39, 0.29) is 9.92 Å². The highest BCUT2D eigenvalue weighted by molar-refractivity contribution is 7.89. The SMILES string of the molecule is CNS(=O)(=O)c1cc(F)cc(Cl)c1. The largest absolute Gasteiger partial charge is 0.240 e. The molecule has 1 aromatic carbocycles. The van der Waals surface area contributed by atoms with Crippen LogP contribution in [0.3, 0.4) is 0 Å². The lowest BCUT2D eigenvalue weighted by Gasteiger charge is -2.02. The predicted molar refractivity (Wildman–Crippen MR) is 47.7 cm³/mol. The van der Waals surface area contributed by atoms with Crippen LogP contribution in [0.5, 0.6) is 0 Å². The Hall–Kier alpha value is -0.650. The van der Waals surface area contributed by atoms with Gasteiger partial charge in [0.25, 0.3) is 0 Å². The third-order valence-corrected chi connectivity index (χ3v) is 3.03. The molecule has 0 aromatic heterocycles. The lowest BCUT2D eigenvalue weighted by atomic mass is 10.3. The molecule has 0 saturated carbocycles. The van der Waals surface area contributed by atoms with E-state index in [1.807, 2.05) is 0 Å². The summed E-state index contributed by atoms with van der Waals surface area (Å²) in [5.74, 6) is -0.679. The van der Waals surface area contributed by atoms with E-state index in [4.69, 9.17) is 11.6 Å². The molecule has 0 radical (unpaired) electrons. The molecule has 0 aliphatic heterocycles. The van der Waals surface area contributed by atoms with E-state index in [1.54, 1.807) is 0 Å². The van der Waals surface area contributed by atoms with Gasteiger partial charge in [-0.1, -0.05) is 11.6 Å². The van der Waals surface area contributed by atoms with Crippen molar-refractivity contribution in [2.45, 2.75) is 4.90 Å². The number of benzene rings is 1. The van der Waals surface area contributed by atoms with Crippen LogP contribution in [0.15, 0.2) is 23.1 Å². The summed E-state index contributed by atoms with van der Waals surface area (Å²) in [6.45, 7) is 0. The van der Waals surface area contributed by atoms with Crippen LogP contribution in [0, 0.1) is 5.82 Å². The molecule has 0 bridgehead atoms. The fraction of sp³-hybridized carbons (Fsp3) is 0.143. The molecule has 0 unspecified atom stereocenters. The Morgan fingerprint density at radius 2 is 2.00 bits per heavy atom. The number of rotatable bonds is 2. The Labute approximate surface area is 80.6 Å². The van der Waals surface area contributed by atoms with Gasteiger partial charge < -0.3 is 0 Å². The third-order valence-electron chi connectivity index (χ3n) is 1.42. The average Bonchev–Trinajstić information content (AvgIpc) is 2.02. The van der Waals surface area contributed by atoms with Crippen molar-refractivity contribution in [2.24, 2.45) is 0 Å². The molecule has 13 heavy (non-hydrogen) atoms. The molecule has 1 N–H and O–H groups in total. The second kappa shape index (κ2) is 3.61. The lowest BCUT2D eigenvalue weighted by molar-refractivity contribution is 0.584. The van der Waals surface area contributed by atoms with Gasteiger partial charge in [0.05, 0.1) is 4.90 Å². The molecular formula is C7H7ClFNO2S. The van der Waals surface area contributed by atoms with Gasteiger partial charge in [0, 0.05) is 5.02 Å². The smallest absolute Gasteiger partial charge is 0.214 e. The van der Waals surface area contributed by atoms with Gasteiger partial charge in [-0.15, -0.1) is 0 Å². The van der Waals surface area contributed by atoms with E-state index >= 15 is 0 Å². The van der Waals surface area contributed by atoms with Crippen LogP contribution < -0.4 is 4.72 Å². The molecule has 6 heteroatoms. The second-order valence-electron chi connectivity index (χ2n) is 2.31.